The van der Waals surface area contributed by atoms with Gasteiger partial charge in [-0.05, 0) is 51.2 Å². The summed E-state index contributed by atoms with van der Waals surface area (Å²) in [7, 11) is 0. The number of thiazole rings is 1. The summed E-state index contributed by atoms with van der Waals surface area (Å²) >= 11 is 3.19. The fourth-order valence-corrected chi connectivity index (χ4v) is 4.34. The van der Waals surface area contributed by atoms with Crippen molar-refractivity contribution in [2.75, 3.05) is 32.4 Å². The van der Waals surface area contributed by atoms with E-state index in [4.69, 9.17) is 0 Å². The highest BCUT2D eigenvalue weighted by Crippen LogP contribution is 2.30. The molecule has 0 spiro atoms. The lowest BCUT2D eigenvalue weighted by atomic mass is 10.2. The van der Waals surface area contributed by atoms with Crippen LogP contribution in [0.3, 0.4) is 0 Å². The molecule has 4 nitrogen and oxygen atoms in total. The van der Waals surface area contributed by atoms with Gasteiger partial charge in [-0.1, -0.05) is 12.1 Å². The molecule has 0 saturated carbocycles. The molecule has 6 heteroatoms. The van der Waals surface area contributed by atoms with E-state index in [-0.39, 0.29) is 5.91 Å². The van der Waals surface area contributed by atoms with Crippen LogP contribution in [0, 0.1) is 6.92 Å². The molecule has 2 aromatic rings. The minimum Gasteiger partial charge on any atom is -0.350 e. The molecule has 24 heavy (non-hydrogen) atoms. The number of rotatable bonds is 6. The second-order valence-corrected chi connectivity index (χ2v) is 7.85. The van der Waals surface area contributed by atoms with E-state index in [1.807, 2.05) is 19.1 Å². The van der Waals surface area contributed by atoms with Crippen LogP contribution in [0.5, 0.6) is 0 Å². The molecule has 0 radical (unpaired) electrons. The minimum atomic E-state index is -0.00327. The first-order valence-electron chi connectivity index (χ1n) is 8.30. The number of nitrogens with zero attached hydrogens (tertiary/aromatic N) is 2. The van der Waals surface area contributed by atoms with Gasteiger partial charge in [0.15, 0.2) is 0 Å². The Morgan fingerprint density at radius 1 is 1.38 bits per heavy atom. The van der Waals surface area contributed by atoms with E-state index in [2.05, 4.69) is 33.6 Å². The number of aromatic nitrogens is 1. The highest BCUT2D eigenvalue weighted by atomic mass is 32.2. The fraction of sp³-hybridized carbons (Fsp3) is 0.444. The molecule has 0 unspecified atom stereocenters. The smallest absolute Gasteiger partial charge is 0.263 e. The van der Waals surface area contributed by atoms with Crippen LogP contribution in [0.4, 0.5) is 0 Å². The number of aryl methyl sites for hydroxylation is 1. The zero-order valence-corrected chi connectivity index (χ0v) is 15.8. The number of likely N-dealkylation sites (tertiary alicyclic amines) is 1. The largest absolute Gasteiger partial charge is 0.350 e. The molecule has 0 atom stereocenters. The van der Waals surface area contributed by atoms with Crippen LogP contribution in [-0.2, 0) is 0 Å². The van der Waals surface area contributed by atoms with Crippen molar-refractivity contribution in [1.29, 1.82) is 0 Å². The van der Waals surface area contributed by atoms with Gasteiger partial charge in [-0.2, -0.15) is 0 Å². The first-order valence-corrected chi connectivity index (χ1v) is 10.3. The summed E-state index contributed by atoms with van der Waals surface area (Å²) in [6, 6.07) is 8.29. The molecule has 1 saturated heterocycles. The van der Waals surface area contributed by atoms with Gasteiger partial charge in [0.05, 0.1) is 5.69 Å². The Balaban J connectivity index is 1.65. The van der Waals surface area contributed by atoms with Crippen LogP contribution in [-0.4, -0.2) is 48.2 Å². The maximum atomic E-state index is 12.4. The number of hydrogen-bond acceptors (Lipinski definition) is 5. The van der Waals surface area contributed by atoms with Crippen LogP contribution < -0.4 is 5.32 Å². The summed E-state index contributed by atoms with van der Waals surface area (Å²) in [5.41, 5.74) is 1.88. The first-order chi connectivity index (χ1) is 11.7. The molecule has 1 fully saturated rings. The molecule has 1 aliphatic rings. The van der Waals surface area contributed by atoms with Crippen LogP contribution in [0.1, 0.15) is 28.2 Å². The van der Waals surface area contributed by atoms with Gasteiger partial charge in [0.2, 0.25) is 0 Å². The number of hydrogen-bond donors (Lipinski definition) is 1. The Labute approximate surface area is 151 Å². The van der Waals surface area contributed by atoms with E-state index >= 15 is 0 Å². The summed E-state index contributed by atoms with van der Waals surface area (Å²) in [4.78, 5) is 21.4. The fourth-order valence-electron chi connectivity index (χ4n) is 2.90. The molecule has 3 rings (SSSR count). The van der Waals surface area contributed by atoms with Crippen molar-refractivity contribution in [3.8, 4) is 10.6 Å². The van der Waals surface area contributed by atoms with Crippen molar-refractivity contribution in [3.05, 3.63) is 34.8 Å². The Morgan fingerprint density at radius 2 is 2.17 bits per heavy atom. The second-order valence-electron chi connectivity index (χ2n) is 5.97. The molecule has 128 valence electrons. The van der Waals surface area contributed by atoms with Crippen molar-refractivity contribution in [1.82, 2.24) is 15.2 Å². The molecular formula is C18H23N3OS2. The van der Waals surface area contributed by atoms with Crippen LogP contribution >= 0.6 is 23.1 Å². The number of amides is 1. The molecule has 1 aromatic carbocycles. The molecule has 2 heterocycles. The minimum absolute atomic E-state index is 0.00327. The highest BCUT2D eigenvalue weighted by molar-refractivity contribution is 7.98. The van der Waals surface area contributed by atoms with Gasteiger partial charge >= 0.3 is 0 Å². The standard InChI is InChI=1S/C18H23N3OS2/c1-13-16(17(22)19-8-11-21-9-3-4-10-21)24-18(20-13)14-6-5-7-15(12-14)23-2/h5-7,12H,3-4,8-11H2,1-2H3,(H,19,22). The van der Waals surface area contributed by atoms with E-state index in [1.165, 1.54) is 29.1 Å². The molecule has 0 bridgehead atoms. The van der Waals surface area contributed by atoms with Crippen LogP contribution in [0.15, 0.2) is 29.2 Å². The monoisotopic (exact) mass is 361 g/mol. The van der Waals surface area contributed by atoms with E-state index in [0.717, 1.165) is 40.8 Å². The molecule has 1 aromatic heterocycles. The van der Waals surface area contributed by atoms with E-state index in [9.17, 15) is 4.79 Å². The molecule has 1 amide bonds. The number of carbonyl (C=O) groups is 1. The van der Waals surface area contributed by atoms with Crippen LogP contribution in [0.2, 0.25) is 0 Å². The van der Waals surface area contributed by atoms with Gasteiger partial charge in [-0.25, -0.2) is 4.98 Å². The quantitative estimate of drug-likeness (QED) is 0.798. The summed E-state index contributed by atoms with van der Waals surface area (Å²) in [5.74, 6) is -0.00327. The van der Waals surface area contributed by atoms with Gasteiger partial charge < -0.3 is 10.2 Å². The number of carbonyl (C=O) groups excluding carboxylic acids is 1. The molecule has 1 N–H and O–H groups in total. The predicted octanol–water partition coefficient (Wildman–Crippen LogP) is 3.67. The van der Waals surface area contributed by atoms with Crippen molar-refractivity contribution >= 4 is 29.0 Å². The zero-order valence-electron chi connectivity index (χ0n) is 14.2. The molecule has 0 aliphatic carbocycles. The van der Waals surface area contributed by atoms with E-state index < -0.39 is 0 Å². The maximum Gasteiger partial charge on any atom is 0.263 e. The molecular weight excluding hydrogens is 338 g/mol. The van der Waals surface area contributed by atoms with Gasteiger partial charge in [0, 0.05) is 23.5 Å². The third-order valence-corrected chi connectivity index (χ3v) is 6.16. The Hall–Kier alpha value is -1.37. The van der Waals surface area contributed by atoms with Crippen molar-refractivity contribution in [3.63, 3.8) is 0 Å². The number of benzene rings is 1. The zero-order chi connectivity index (χ0) is 16.9. The van der Waals surface area contributed by atoms with Crippen molar-refractivity contribution in [2.24, 2.45) is 0 Å². The lowest BCUT2D eigenvalue weighted by Crippen LogP contribution is -2.33. The normalized spacial score (nSPS) is 14.9. The summed E-state index contributed by atoms with van der Waals surface area (Å²) in [5, 5.41) is 3.95. The lowest BCUT2D eigenvalue weighted by molar-refractivity contribution is 0.0953. The van der Waals surface area contributed by atoms with E-state index in [1.54, 1.807) is 11.8 Å². The first kappa shape index (κ1) is 17.5. The SMILES string of the molecule is CSc1cccc(-c2nc(C)c(C(=O)NCCN3CCCC3)s2)c1. The van der Waals surface area contributed by atoms with Crippen molar-refractivity contribution < 1.29 is 4.79 Å². The maximum absolute atomic E-state index is 12.4. The Morgan fingerprint density at radius 3 is 2.92 bits per heavy atom. The average Bonchev–Trinajstić information content (AvgIpc) is 3.24. The van der Waals surface area contributed by atoms with Gasteiger partial charge in [0.1, 0.15) is 9.88 Å². The van der Waals surface area contributed by atoms with Crippen molar-refractivity contribution in [2.45, 2.75) is 24.7 Å². The highest BCUT2D eigenvalue weighted by Gasteiger charge is 2.17. The van der Waals surface area contributed by atoms with Gasteiger partial charge in [0.25, 0.3) is 5.91 Å². The third kappa shape index (κ3) is 4.18. The Bertz CT molecular complexity index is 708. The Kier molecular flexibility index (Phi) is 5.92. The second kappa shape index (κ2) is 8.14. The van der Waals surface area contributed by atoms with Gasteiger partial charge in [-0.3, -0.25) is 4.79 Å². The van der Waals surface area contributed by atoms with E-state index in [0.29, 0.717) is 6.54 Å². The summed E-state index contributed by atoms with van der Waals surface area (Å²) in [6.45, 7) is 5.87. The lowest BCUT2D eigenvalue weighted by Gasteiger charge is -2.14. The topological polar surface area (TPSA) is 45.2 Å². The average molecular weight is 362 g/mol. The number of nitrogens with one attached hydrogen (secondary N) is 1. The summed E-state index contributed by atoms with van der Waals surface area (Å²) < 4.78 is 0. The summed E-state index contributed by atoms with van der Waals surface area (Å²) in [6.07, 6.45) is 4.62. The third-order valence-electron chi connectivity index (χ3n) is 4.23. The molecule has 1 aliphatic heterocycles. The van der Waals surface area contributed by atoms with Gasteiger partial charge in [-0.15, -0.1) is 23.1 Å². The number of thioether (sulfide) groups is 1. The van der Waals surface area contributed by atoms with Crippen LogP contribution in [0.25, 0.3) is 10.6 Å². The predicted molar refractivity (Wildman–Crippen MR) is 102 cm³/mol.